The number of methoxy groups -OCH3 is 1. The number of fused-ring (bicyclic) bond motifs is 1. The van der Waals surface area contributed by atoms with Crippen molar-refractivity contribution in [1.29, 1.82) is 0 Å². The van der Waals surface area contributed by atoms with Crippen LogP contribution in [0.3, 0.4) is 0 Å². The number of para-hydroxylation sites is 1. The van der Waals surface area contributed by atoms with Crippen LogP contribution in [0.2, 0.25) is 0 Å². The van der Waals surface area contributed by atoms with E-state index in [-0.39, 0.29) is 0 Å². The Kier molecular flexibility index (Phi) is 3.47. The molecule has 0 bridgehead atoms. The van der Waals surface area contributed by atoms with Crippen molar-refractivity contribution in [1.82, 2.24) is 10.3 Å². The summed E-state index contributed by atoms with van der Waals surface area (Å²) in [6, 6.07) is 10.8. The van der Waals surface area contributed by atoms with E-state index in [0.29, 0.717) is 6.04 Å². The number of pyridine rings is 1. The van der Waals surface area contributed by atoms with Gasteiger partial charge in [0.2, 0.25) is 0 Å². The maximum Gasteiger partial charge on any atom is 0.145 e. The highest BCUT2D eigenvalue weighted by atomic mass is 16.5. The molecule has 1 aliphatic carbocycles. The fraction of sp³-hybridized carbons (Fsp3) is 0.312. The molecule has 1 N–H and O–H groups in total. The zero-order valence-electron chi connectivity index (χ0n) is 11.1. The number of rotatable bonds is 4. The van der Waals surface area contributed by atoms with Crippen LogP contribution in [0.1, 0.15) is 18.5 Å². The number of benzene rings is 1. The van der Waals surface area contributed by atoms with Crippen molar-refractivity contribution >= 4 is 10.9 Å². The molecule has 3 rings (SSSR count). The van der Waals surface area contributed by atoms with Gasteiger partial charge in [-0.25, -0.2) is 4.98 Å². The Balaban J connectivity index is 1.80. The van der Waals surface area contributed by atoms with E-state index in [4.69, 9.17) is 9.72 Å². The fourth-order valence-electron chi connectivity index (χ4n) is 2.46. The van der Waals surface area contributed by atoms with E-state index >= 15 is 0 Å². The molecule has 1 aromatic carbocycles. The van der Waals surface area contributed by atoms with Crippen LogP contribution in [0.4, 0.5) is 0 Å². The summed E-state index contributed by atoms with van der Waals surface area (Å²) in [5.74, 6) is 0.835. The SMILES string of the molecule is COc1cccc2ccc(CNC3CC=CC3)nc12. The molecule has 0 fully saturated rings. The topological polar surface area (TPSA) is 34.1 Å². The minimum absolute atomic E-state index is 0.565. The van der Waals surface area contributed by atoms with Crippen molar-refractivity contribution < 1.29 is 4.74 Å². The van der Waals surface area contributed by atoms with Crippen LogP contribution in [0.5, 0.6) is 5.75 Å². The summed E-state index contributed by atoms with van der Waals surface area (Å²) < 4.78 is 5.37. The summed E-state index contributed by atoms with van der Waals surface area (Å²) in [6.45, 7) is 0.806. The Hall–Kier alpha value is -1.87. The quantitative estimate of drug-likeness (QED) is 0.851. The van der Waals surface area contributed by atoms with E-state index in [1.54, 1.807) is 7.11 Å². The van der Waals surface area contributed by atoms with Crippen molar-refractivity contribution in [2.75, 3.05) is 7.11 Å². The minimum atomic E-state index is 0.565. The molecule has 3 nitrogen and oxygen atoms in total. The number of ether oxygens (including phenoxy) is 1. The van der Waals surface area contributed by atoms with Gasteiger partial charge in [0.1, 0.15) is 11.3 Å². The smallest absolute Gasteiger partial charge is 0.145 e. The van der Waals surface area contributed by atoms with Gasteiger partial charge in [-0.15, -0.1) is 0 Å². The molecule has 0 unspecified atom stereocenters. The summed E-state index contributed by atoms with van der Waals surface area (Å²) in [5.41, 5.74) is 2.00. The van der Waals surface area contributed by atoms with Gasteiger partial charge in [-0.3, -0.25) is 0 Å². The third-order valence-electron chi connectivity index (χ3n) is 3.54. The molecule has 0 radical (unpaired) electrons. The minimum Gasteiger partial charge on any atom is -0.494 e. The second-order valence-electron chi connectivity index (χ2n) is 4.86. The molecule has 2 aromatic rings. The summed E-state index contributed by atoms with van der Waals surface area (Å²) in [5, 5.41) is 4.65. The van der Waals surface area contributed by atoms with Gasteiger partial charge in [-0.2, -0.15) is 0 Å². The average molecular weight is 254 g/mol. The van der Waals surface area contributed by atoms with Crippen LogP contribution >= 0.6 is 0 Å². The Morgan fingerprint density at radius 2 is 2.05 bits per heavy atom. The molecule has 0 saturated heterocycles. The van der Waals surface area contributed by atoms with E-state index in [9.17, 15) is 0 Å². The van der Waals surface area contributed by atoms with Crippen molar-refractivity contribution in [3.8, 4) is 5.75 Å². The van der Waals surface area contributed by atoms with Crippen molar-refractivity contribution in [3.05, 3.63) is 48.2 Å². The van der Waals surface area contributed by atoms with E-state index in [1.165, 1.54) is 0 Å². The normalized spacial score (nSPS) is 15.2. The lowest BCUT2D eigenvalue weighted by Gasteiger charge is -2.12. The van der Waals surface area contributed by atoms with Gasteiger partial charge < -0.3 is 10.1 Å². The third kappa shape index (κ3) is 2.61. The highest BCUT2D eigenvalue weighted by Gasteiger charge is 2.10. The first kappa shape index (κ1) is 12.2. The summed E-state index contributed by atoms with van der Waals surface area (Å²) in [4.78, 5) is 4.70. The van der Waals surface area contributed by atoms with Crippen LogP contribution in [0, 0.1) is 0 Å². The zero-order chi connectivity index (χ0) is 13.1. The second-order valence-corrected chi connectivity index (χ2v) is 4.86. The molecule has 0 saturated carbocycles. The lowest BCUT2D eigenvalue weighted by Crippen LogP contribution is -2.26. The number of hydrogen-bond donors (Lipinski definition) is 1. The number of nitrogens with zero attached hydrogens (tertiary/aromatic N) is 1. The van der Waals surface area contributed by atoms with Crippen LogP contribution in [-0.2, 0) is 6.54 Å². The van der Waals surface area contributed by atoms with Crippen LogP contribution in [0.15, 0.2) is 42.5 Å². The van der Waals surface area contributed by atoms with E-state index in [1.807, 2.05) is 12.1 Å². The van der Waals surface area contributed by atoms with Gasteiger partial charge in [0.15, 0.2) is 0 Å². The largest absolute Gasteiger partial charge is 0.494 e. The predicted molar refractivity (Wildman–Crippen MR) is 77.3 cm³/mol. The number of aromatic nitrogens is 1. The maximum absolute atomic E-state index is 5.37. The molecule has 3 heteroatoms. The predicted octanol–water partition coefficient (Wildman–Crippen LogP) is 3.05. The monoisotopic (exact) mass is 254 g/mol. The molecule has 19 heavy (non-hydrogen) atoms. The summed E-state index contributed by atoms with van der Waals surface area (Å²) >= 11 is 0. The zero-order valence-corrected chi connectivity index (χ0v) is 11.1. The average Bonchev–Trinajstić information content (AvgIpc) is 2.97. The van der Waals surface area contributed by atoms with Crippen LogP contribution < -0.4 is 10.1 Å². The summed E-state index contributed by atoms with van der Waals surface area (Å²) in [7, 11) is 1.69. The molecule has 0 spiro atoms. The molecule has 1 heterocycles. The molecule has 0 atom stereocenters. The molecule has 0 aliphatic heterocycles. The highest BCUT2D eigenvalue weighted by Crippen LogP contribution is 2.23. The van der Waals surface area contributed by atoms with Gasteiger partial charge in [-0.05, 0) is 25.0 Å². The van der Waals surface area contributed by atoms with Gasteiger partial charge in [0.05, 0.1) is 12.8 Å². The molecular weight excluding hydrogens is 236 g/mol. The van der Waals surface area contributed by atoms with E-state index in [0.717, 1.165) is 41.7 Å². The Morgan fingerprint density at radius 1 is 1.21 bits per heavy atom. The lowest BCUT2D eigenvalue weighted by molar-refractivity contribution is 0.418. The maximum atomic E-state index is 5.37. The number of nitrogens with one attached hydrogen (secondary N) is 1. The van der Waals surface area contributed by atoms with Gasteiger partial charge >= 0.3 is 0 Å². The molecule has 0 amide bonds. The second kappa shape index (κ2) is 5.41. The van der Waals surface area contributed by atoms with Crippen molar-refractivity contribution in [3.63, 3.8) is 0 Å². The molecular formula is C16H18N2O. The first-order chi connectivity index (χ1) is 9.36. The van der Waals surface area contributed by atoms with Gasteiger partial charge in [-0.1, -0.05) is 30.4 Å². The van der Waals surface area contributed by atoms with Crippen LogP contribution in [-0.4, -0.2) is 18.1 Å². The Labute approximate surface area is 113 Å². The lowest BCUT2D eigenvalue weighted by atomic mass is 10.2. The van der Waals surface area contributed by atoms with Gasteiger partial charge in [0, 0.05) is 18.0 Å². The summed E-state index contributed by atoms with van der Waals surface area (Å²) in [6.07, 6.45) is 6.71. The molecule has 1 aromatic heterocycles. The first-order valence-electron chi connectivity index (χ1n) is 6.68. The van der Waals surface area contributed by atoms with Crippen molar-refractivity contribution in [2.45, 2.75) is 25.4 Å². The Morgan fingerprint density at radius 3 is 2.84 bits per heavy atom. The van der Waals surface area contributed by atoms with Crippen molar-refractivity contribution in [2.24, 2.45) is 0 Å². The fourth-order valence-corrected chi connectivity index (χ4v) is 2.46. The standard InChI is InChI=1S/C16H18N2O/c1-19-15-8-4-5-12-9-10-14(18-16(12)15)11-17-13-6-2-3-7-13/h2-5,8-10,13,17H,6-7,11H2,1H3. The first-order valence-corrected chi connectivity index (χ1v) is 6.68. The molecule has 98 valence electrons. The molecule has 1 aliphatic rings. The number of hydrogen-bond acceptors (Lipinski definition) is 3. The van der Waals surface area contributed by atoms with E-state index < -0.39 is 0 Å². The third-order valence-corrected chi connectivity index (χ3v) is 3.54. The van der Waals surface area contributed by atoms with Crippen LogP contribution in [0.25, 0.3) is 10.9 Å². The highest BCUT2D eigenvalue weighted by molar-refractivity contribution is 5.84. The van der Waals surface area contributed by atoms with Gasteiger partial charge in [0.25, 0.3) is 0 Å². The Bertz CT molecular complexity index is 599. The van der Waals surface area contributed by atoms with E-state index in [2.05, 4.69) is 35.7 Å².